The van der Waals surface area contributed by atoms with Gasteiger partial charge in [-0.25, -0.2) is 0 Å². The second-order valence-electron chi connectivity index (χ2n) is 5.21. The molecule has 3 rings (SSSR count). The summed E-state index contributed by atoms with van der Waals surface area (Å²) in [4.78, 5) is 26.0. The number of fused-ring (bicyclic) bond motifs is 1. The predicted molar refractivity (Wildman–Crippen MR) is 89.0 cm³/mol. The highest BCUT2D eigenvalue weighted by Crippen LogP contribution is 2.33. The Morgan fingerprint density at radius 2 is 1.91 bits per heavy atom. The van der Waals surface area contributed by atoms with Crippen molar-refractivity contribution in [1.29, 1.82) is 0 Å². The maximum Gasteiger partial charge on any atom is 0.268 e. The summed E-state index contributed by atoms with van der Waals surface area (Å²) in [6.07, 6.45) is -0.617. The average molecular weight is 331 g/mol. The molecule has 1 heterocycles. The summed E-state index contributed by atoms with van der Waals surface area (Å²) in [5.74, 6) is 0.0680. The Morgan fingerprint density at radius 1 is 1.22 bits per heavy atom. The Morgan fingerprint density at radius 3 is 2.65 bits per heavy atom. The molecule has 2 aromatic rings. The number of hydrogen-bond acceptors (Lipinski definition) is 3. The van der Waals surface area contributed by atoms with Crippen molar-refractivity contribution in [3.63, 3.8) is 0 Å². The molecule has 1 aliphatic rings. The zero-order valence-electron chi connectivity index (χ0n) is 12.5. The quantitative estimate of drug-likeness (QED) is 0.940. The van der Waals surface area contributed by atoms with E-state index in [1.807, 2.05) is 6.07 Å². The summed E-state index contributed by atoms with van der Waals surface area (Å²) in [7, 11) is 0. The van der Waals surface area contributed by atoms with Gasteiger partial charge in [0, 0.05) is 10.7 Å². The Hall–Kier alpha value is -2.53. The number of nitrogens with zero attached hydrogens (tertiary/aromatic N) is 1. The molecule has 1 atom stereocenters. The number of nitrogens with one attached hydrogen (secondary N) is 1. The number of hydrogen-bond donors (Lipinski definition) is 1. The number of halogens is 1. The number of carbonyl (C=O) groups is 2. The fraction of sp³-hybridized carbons (Fsp3) is 0.176. The summed E-state index contributed by atoms with van der Waals surface area (Å²) >= 11 is 5.82. The largest absolute Gasteiger partial charge is 0.479 e. The highest BCUT2D eigenvalue weighted by atomic mass is 35.5. The van der Waals surface area contributed by atoms with E-state index in [0.29, 0.717) is 22.1 Å². The van der Waals surface area contributed by atoms with Crippen LogP contribution in [0.2, 0.25) is 5.02 Å². The van der Waals surface area contributed by atoms with E-state index in [0.717, 1.165) is 0 Å². The number of benzene rings is 2. The number of ether oxygens (including phenoxy) is 1. The summed E-state index contributed by atoms with van der Waals surface area (Å²) < 4.78 is 5.55. The van der Waals surface area contributed by atoms with Gasteiger partial charge >= 0.3 is 0 Å². The van der Waals surface area contributed by atoms with Gasteiger partial charge in [-0.3, -0.25) is 14.5 Å². The third-order valence-corrected chi connectivity index (χ3v) is 3.76. The lowest BCUT2D eigenvalue weighted by molar-refractivity contribution is -0.127. The van der Waals surface area contributed by atoms with Crippen molar-refractivity contribution in [2.24, 2.45) is 0 Å². The van der Waals surface area contributed by atoms with Crippen molar-refractivity contribution >= 4 is 34.8 Å². The van der Waals surface area contributed by atoms with Crippen LogP contribution in [0.3, 0.4) is 0 Å². The van der Waals surface area contributed by atoms with Crippen molar-refractivity contribution in [3.8, 4) is 5.75 Å². The van der Waals surface area contributed by atoms with Gasteiger partial charge in [0.2, 0.25) is 5.91 Å². The van der Waals surface area contributed by atoms with E-state index < -0.39 is 6.10 Å². The molecule has 118 valence electrons. The van der Waals surface area contributed by atoms with Gasteiger partial charge in [-0.2, -0.15) is 0 Å². The fourth-order valence-electron chi connectivity index (χ4n) is 2.40. The fourth-order valence-corrected chi connectivity index (χ4v) is 2.53. The van der Waals surface area contributed by atoms with Crippen LogP contribution in [0.25, 0.3) is 0 Å². The number of para-hydroxylation sites is 2. The monoisotopic (exact) mass is 330 g/mol. The Kier molecular flexibility index (Phi) is 4.21. The first-order valence-corrected chi connectivity index (χ1v) is 7.55. The molecule has 0 fully saturated rings. The number of carbonyl (C=O) groups excluding carboxylic acids is 2. The molecule has 2 aromatic carbocycles. The second kappa shape index (κ2) is 6.30. The minimum Gasteiger partial charge on any atom is -0.479 e. The first kappa shape index (κ1) is 15.4. The van der Waals surface area contributed by atoms with Crippen LogP contribution in [0.4, 0.5) is 11.4 Å². The standard InChI is InChI=1S/C17H15ClN2O3/c1-11-17(22)20(14-4-2-3-5-15(14)23-11)10-16(21)19-13-8-6-12(18)7-9-13/h2-9,11H,10H2,1H3,(H,19,21). The van der Waals surface area contributed by atoms with Crippen molar-refractivity contribution in [2.45, 2.75) is 13.0 Å². The lowest BCUT2D eigenvalue weighted by Crippen LogP contribution is -2.47. The molecule has 0 aliphatic carbocycles. The van der Waals surface area contributed by atoms with Crippen LogP contribution in [-0.4, -0.2) is 24.5 Å². The maximum absolute atomic E-state index is 12.3. The Labute approximate surface area is 138 Å². The molecule has 0 saturated carbocycles. The Bertz CT molecular complexity index is 746. The molecule has 0 spiro atoms. The van der Waals surface area contributed by atoms with Gasteiger partial charge in [0.25, 0.3) is 5.91 Å². The highest BCUT2D eigenvalue weighted by Gasteiger charge is 2.32. The van der Waals surface area contributed by atoms with Crippen LogP contribution >= 0.6 is 11.6 Å². The van der Waals surface area contributed by atoms with E-state index in [1.54, 1.807) is 49.4 Å². The van der Waals surface area contributed by atoms with Crippen LogP contribution < -0.4 is 15.0 Å². The summed E-state index contributed by atoms with van der Waals surface area (Å²) in [5.41, 5.74) is 1.23. The molecule has 0 saturated heterocycles. The summed E-state index contributed by atoms with van der Waals surface area (Å²) in [5, 5.41) is 3.34. The molecule has 5 nitrogen and oxygen atoms in total. The van der Waals surface area contributed by atoms with Crippen molar-refractivity contribution in [3.05, 3.63) is 53.6 Å². The molecule has 1 N–H and O–H groups in total. The molecular weight excluding hydrogens is 316 g/mol. The Balaban J connectivity index is 1.77. The molecular formula is C17H15ClN2O3. The van der Waals surface area contributed by atoms with E-state index in [1.165, 1.54) is 4.90 Å². The topological polar surface area (TPSA) is 58.6 Å². The van der Waals surface area contributed by atoms with E-state index in [9.17, 15) is 9.59 Å². The van der Waals surface area contributed by atoms with Gasteiger partial charge in [0.1, 0.15) is 12.3 Å². The molecule has 6 heteroatoms. The first-order valence-electron chi connectivity index (χ1n) is 7.17. The van der Waals surface area contributed by atoms with Crippen molar-refractivity contribution in [2.75, 3.05) is 16.8 Å². The molecule has 1 aliphatic heterocycles. The van der Waals surface area contributed by atoms with E-state index in [4.69, 9.17) is 16.3 Å². The molecule has 23 heavy (non-hydrogen) atoms. The van der Waals surface area contributed by atoms with Gasteiger partial charge in [-0.05, 0) is 43.3 Å². The van der Waals surface area contributed by atoms with Gasteiger partial charge in [-0.15, -0.1) is 0 Å². The predicted octanol–water partition coefficient (Wildman–Crippen LogP) is 3.09. The lowest BCUT2D eigenvalue weighted by Gasteiger charge is -2.32. The van der Waals surface area contributed by atoms with Gasteiger partial charge in [0.15, 0.2) is 6.10 Å². The van der Waals surface area contributed by atoms with Crippen LogP contribution in [-0.2, 0) is 9.59 Å². The molecule has 0 radical (unpaired) electrons. The van der Waals surface area contributed by atoms with Crippen molar-refractivity contribution < 1.29 is 14.3 Å². The smallest absolute Gasteiger partial charge is 0.268 e. The van der Waals surface area contributed by atoms with Gasteiger partial charge in [0.05, 0.1) is 5.69 Å². The van der Waals surface area contributed by atoms with E-state index in [2.05, 4.69) is 5.32 Å². The first-order chi connectivity index (χ1) is 11.0. The number of anilines is 2. The van der Waals surface area contributed by atoms with Crippen LogP contribution in [0, 0.1) is 0 Å². The molecule has 1 unspecified atom stereocenters. The summed E-state index contributed by atoms with van der Waals surface area (Å²) in [6.45, 7) is 1.59. The zero-order chi connectivity index (χ0) is 16.4. The molecule has 0 bridgehead atoms. The third kappa shape index (κ3) is 3.29. The van der Waals surface area contributed by atoms with Gasteiger partial charge in [-0.1, -0.05) is 23.7 Å². The molecule has 0 aromatic heterocycles. The third-order valence-electron chi connectivity index (χ3n) is 3.50. The normalized spacial score (nSPS) is 16.5. The van der Waals surface area contributed by atoms with Crippen molar-refractivity contribution in [1.82, 2.24) is 0 Å². The minimum absolute atomic E-state index is 0.0772. The number of amides is 2. The van der Waals surface area contributed by atoms with Crippen LogP contribution in [0.1, 0.15) is 6.92 Å². The minimum atomic E-state index is -0.617. The average Bonchev–Trinajstić information content (AvgIpc) is 2.54. The maximum atomic E-state index is 12.3. The van der Waals surface area contributed by atoms with Crippen LogP contribution in [0.5, 0.6) is 5.75 Å². The van der Waals surface area contributed by atoms with Gasteiger partial charge < -0.3 is 10.1 Å². The number of rotatable bonds is 3. The second-order valence-corrected chi connectivity index (χ2v) is 5.64. The van der Waals surface area contributed by atoms with E-state index >= 15 is 0 Å². The SMILES string of the molecule is CC1Oc2ccccc2N(CC(=O)Nc2ccc(Cl)cc2)C1=O. The van der Waals surface area contributed by atoms with Crippen LogP contribution in [0.15, 0.2) is 48.5 Å². The summed E-state index contributed by atoms with van der Waals surface area (Å²) in [6, 6.07) is 14.0. The highest BCUT2D eigenvalue weighted by molar-refractivity contribution is 6.30. The molecule has 2 amide bonds. The van der Waals surface area contributed by atoms with E-state index in [-0.39, 0.29) is 18.4 Å². The lowest BCUT2D eigenvalue weighted by atomic mass is 10.2. The zero-order valence-corrected chi connectivity index (χ0v) is 13.2.